The third-order valence-electron chi connectivity index (χ3n) is 13.3. The first-order valence-electron chi connectivity index (χ1n) is 21.5. The van der Waals surface area contributed by atoms with Crippen LogP contribution in [0.3, 0.4) is 0 Å². The summed E-state index contributed by atoms with van der Waals surface area (Å²) < 4.78 is 40.1. The van der Waals surface area contributed by atoms with Crippen molar-refractivity contribution < 1.29 is 42.2 Å². The van der Waals surface area contributed by atoms with Crippen LogP contribution in [-0.4, -0.2) is 85.1 Å². The molecule has 2 N–H and O–H groups in total. The fourth-order valence-corrected chi connectivity index (χ4v) is 10.5. The third kappa shape index (κ3) is 9.07. The quantitative estimate of drug-likeness (QED) is 0.0556. The highest BCUT2D eigenvalue weighted by atomic mass is 28.4. The summed E-state index contributed by atoms with van der Waals surface area (Å²) in [6, 6.07) is 14.5. The van der Waals surface area contributed by atoms with E-state index >= 15 is 0 Å². The average molecular weight is 900 g/mol. The maximum Gasteiger partial charge on any atom is 0.303 e. The van der Waals surface area contributed by atoms with Crippen molar-refractivity contribution in [1.29, 1.82) is 0 Å². The molecular formula is C46H61N5O10Si2. The Morgan fingerprint density at radius 3 is 2.11 bits per heavy atom. The highest BCUT2D eigenvalue weighted by Gasteiger charge is 2.51. The van der Waals surface area contributed by atoms with Crippen molar-refractivity contribution in [2.75, 3.05) is 11.9 Å². The number of hydrogen-bond donors (Lipinski definition) is 2. The van der Waals surface area contributed by atoms with Gasteiger partial charge in [0.15, 0.2) is 46.1 Å². The molecule has 0 saturated carbocycles. The monoisotopic (exact) mass is 899 g/mol. The molecule has 338 valence electrons. The lowest BCUT2D eigenvalue weighted by Gasteiger charge is -2.42. The maximum absolute atomic E-state index is 14.0. The second-order valence-corrected chi connectivity index (χ2v) is 29.4. The maximum atomic E-state index is 14.0. The first kappa shape index (κ1) is 46.1. The molecule has 1 aliphatic carbocycles. The minimum Gasteiger partial charge on any atom is -0.456 e. The van der Waals surface area contributed by atoms with E-state index in [1.54, 1.807) is 10.9 Å². The molecule has 7 atom stereocenters. The summed E-state index contributed by atoms with van der Waals surface area (Å²) >= 11 is 0. The molecule has 63 heavy (non-hydrogen) atoms. The third-order valence-corrected chi connectivity index (χ3v) is 22.3. The molecule has 7 rings (SSSR count). The second-order valence-electron chi connectivity index (χ2n) is 19.8. The second kappa shape index (κ2) is 16.9. The van der Waals surface area contributed by atoms with Gasteiger partial charge in [0.1, 0.15) is 12.3 Å². The molecule has 0 spiro atoms. The zero-order chi connectivity index (χ0) is 46.0. The first-order chi connectivity index (χ1) is 29.4. The number of imidazole rings is 1. The molecule has 1 fully saturated rings. The molecule has 15 nitrogen and oxygen atoms in total. The number of carbonyl (C=O) groups is 3. The number of benzene rings is 3. The predicted molar refractivity (Wildman–Crippen MR) is 245 cm³/mol. The molecule has 2 aromatic heterocycles. The Bertz CT molecular complexity index is 2630. The lowest BCUT2D eigenvalue weighted by Crippen LogP contribution is -2.50. The fraction of sp³-hybridized carbons (Fsp3) is 0.522. The van der Waals surface area contributed by atoms with Crippen molar-refractivity contribution in [2.24, 2.45) is 0 Å². The van der Waals surface area contributed by atoms with Crippen LogP contribution in [0.5, 0.6) is 0 Å². The van der Waals surface area contributed by atoms with Crippen molar-refractivity contribution in [3.8, 4) is 0 Å². The molecule has 0 bridgehead atoms. The Kier molecular flexibility index (Phi) is 12.3. The molecule has 2 aliphatic rings. The van der Waals surface area contributed by atoms with Gasteiger partial charge in [-0.1, -0.05) is 90.1 Å². The van der Waals surface area contributed by atoms with Crippen molar-refractivity contribution in [2.45, 2.75) is 148 Å². The molecule has 0 radical (unpaired) electrons. The van der Waals surface area contributed by atoms with Crippen LogP contribution < -0.4 is 10.9 Å². The lowest BCUT2D eigenvalue weighted by molar-refractivity contribution is -0.187. The number of ether oxygens (including phenoxy) is 4. The lowest BCUT2D eigenvalue weighted by atomic mass is 9.77. The number of esters is 3. The summed E-state index contributed by atoms with van der Waals surface area (Å²) in [6.07, 6.45) is -2.99. The number of anilines is 1. The number of aromatic amines is 1. The molecule has 1 saturated heterocycles. The molecule has 0 amide bonds. The Morgan fingerprint density at radius 1 is 0.841 bits per heavy atom. The van der Waals surface area contributed by atoms with E-state index < -0.39 is 76.8 Å². The Labute approximate surface area is 369 Å². The summed E-state index contributed by atoms with van der Waals surface area (Å²) in [7, 11) is -4.43. The normalized spacial score (nSPS) is 23.2. The van der Waals surface area contributed by atoms with Gasteiger partial charge in [-0.2, -0.15) is 4.98 Å². The number of aromatic nitrogens is 4. The van der Waals surface area contributed by atoms with E-state index in [4.69, 9.17) is 32.8 Å². The minimum absolute atomic E-state index is 0.0119. The van der Waals surface area contributed by atoms with E-state index in [1.807, 2.05) is 48.5 Å². The van der Waals surface area contributed by atoms with Gasteiger partial charge in [-0.15, -0.1) is 0 Å². The highest BCUT2D eigenvalue weighted by Crippen LogP contribution is 2.48. The van der Waals surface area contributed by atoms with Gasteiger partial charge in [0.2, 0.25) is 5.95 Å². The smallest absolute Gasteiger partial charge is 0.303 e. The van der Waals surface area contributed by atoms with Crippen molar-refractivity contribution in [3.05, 3.63) is 76.3 Å². The van der Waals surface area contributed by atoms with Crippen LogP contribution in [0.4, 0.5) is 5.95 Å². The number of H-pyrrole nitrogens is 1. The predicted octanol–water partition coefficient (Wildman–Crippen LogP) is 8.76. The SMILES string of the molecule is CC(=O)O[C@@H]1[C@@H](OC(C)=O)[C@@H](Nc2nc3c(ncn3[C@H]3C[C@H](O[Si](C)(C)C(C)(C)C)[C@@H](CO[Si](C)(C)C(C)(C)C)O3)c(=O)[nH]2)c2c(ccc3ccc4ccccc4c23)[C@H]1OC(C)=O. The van der Waals surface area contributed by atoms with E-state index in [9.17, 15) is 19.2 Å². The van der Waals surface area contributed by atoms with E-state index in [1.165, 1.54) is 20.8 Å². The van der Waals surface area contributed by atoms with Crippen molar-refractivity contribution >= 4 is 73.2 Å². The first-order valence-corrected chi connectivity index (χ1v) is 27.3. The van der Waals surface area contributed by atoms with Gasteiger partial charge in [-0.05, 0) is 63.4 Å². The summed E-state index contributed by atoms with van der Waals surface area (Å²) in [6.45, 7) is 26.2. The summed E-state index contributed by atoms with van der Waals surface area (Å²) in [5.41, 5.74) is 0.949. The van der Waals surface area contributed by atoms with Crippen LogP contribution in [0.25, 0.3) is 32.7 Å². The highest BCUT2D eigenvalue weighted by molar-refractivity contribution is 6.74. The molecule has 1 aliphatic heterocycles. The number of nitrogens with one attached hydrogen (secondary N) is 2. The van der Waals surface area contributed by atoms with Gasteiger partial charge >= 0.3 is 17.9 Å². The fourth-order valence-electron chi connectivity index (χ4n) is 8.10. The zero-order valence-electron chi connectivity index (χ0n) is 38.6. The summed E-state index contributed by atoms with van der Waals surface area (Å²) in [4.78, 5) is 64.7. The number of hydrogen-bond acceptors (Lipinski definition) is 13. The number of fused-ring (bicyclic) bond motifs is 6. The van der Waals surface area contributed by atoms with Gasteiger partial charge in [0.25, 0.3) is 5.56 Å². The van der Waals surface area contributed by atoms with Crippen molar-refractivity contribution in [3.63, 3.8) is 0 Å². The van der Waals surface area contributed by atoms with Crippen LogP contribution in [0, 0.1) is 0 Å². The topological polar surface area (TPSA) is 182 Å². The minimum atomic E-state index is -2.27. The molecule has 0 unspecified atom stereocenters. The van der Waals surface area contributed by atoms with E-state index in [2.05, 4.69) is 83.0 Å². The Morgan fingerprint density at radius 2 is 1.46 bits per heavy atom. The molecular weight excluding hydrogens is 839 g/mol. The molecule has 3 aromatic carbocycles. The largest absolute Gasteiger partial charge is 0.456 e. The van der Waals surface area contributed by atoms with E-state index in [-0.39, 0.29) is 33.3 Å². The van der Waals surface area contributed by atoms with E-state index in [0.29, 0.717) is 24.2 Å². The van der Waals surface area contributed by atoms with Gasteiger partial charge in [-0.25, -0.2) is 4.98 Å². The molecule has 5 aromatic rings. The number of rotatable bonds is 11. The van der Waals surface area contributed by atoms with Gasteiger partial charge in [0.05, 0.1) is 25.1 Å². The number of nitrogens with zero attached hydrogens (tertiary/aromatic N) is 3. The van der Waals surface area contributed by atoms with E-state index in [0.717, 1.165) is 21.5 Å². The average Bonchev–Trinajstić information content (AvgIpc) is 3.78. The van der Waals surface area contributed by atoms with Gasteiger partial charge in [0, 0.05) is 32.8 Å². The van der Waals surface area contributed by atoms with Gasteiger partial charge in [-0.3, -0.25) is 28.7 Å². The summed E-state index contributed by atoms with van der Waals surface area (Å²) in [5.74, 6) is -1.95. The van der Waals surface area contributed by atoms with Crippen LogP contribution in [0.2, 0.25) is 36.3 Å². The van der Waals surface area contributed by atoms with Gasteiger partial charge < -0.3 is 33.1 Å². The standard InChI is InChI=1S/C46H61N5O10Si2/c1-25(52)57-39-31-21-20-29-19-18-28-16-14-15-17-30(28)35(29)36(31)37(40(58-26(2)53)41(39)59-27(3)54)48-44-49-42-38(43(55)50-44)47-24-51(42)34-22-32(61-63(12,13)46(7,8)9)33(60-34)23-56-62(10,11)45(4,5)6/h14-21,24,32-34,37,39-41H,22-23H2,1-13H3,(H2,48,49,50,55)/t32-,33+,34+,37-,39+,40-,41-/m0/s1. The van der Waals surface area contributed by atoms with Crippen LogP contribution in [0.1, 0.15) is 98.2 Å². The van der Waals surface area contributed by atoms with Crippen LogP contribution in [0.15, 0.2) is 59.7 Å². The zero-order valence-corrected chi connectivity index (χ0v) is 40.6. The molecule has 17 heteroatoms. The van der Waals surface area contributed by atoms with Crippen LogP contribution in [-0.2, 0) is 42.2 Å². The van der Waals surface area contributed by atoms with Crippen molar-refractivity contribution in [1.82, 2.24) is 19.5 Å². The molecule has 3 heterocycles. The summed E-state index contributed by atoms with van der Waals surface area (Å²) in [5, 5.41) is 6.77. The number of carbonyl (C=O) groups excluding carboxylic acids is 3. The Hall–Kier alpha value is -4.95. The van der Waals surface area contributed by atoms with Crippen LogP contribution >= 0.6 is 0 Å². The Balaban J connectivity index is 1.35.